The Morgan fingerprint density at radius 2 is 2.00 bits per heavy atom. The molecule has 1 fully saturated rings. The Kier molecular flexibility index (Phi) is 6.02. The lowest BCUT2D eigenvalue weighted by Gasteiger charge is -2.34. The smallest absolute Gasteiger partial charge is 0.219 e. The number of morpholine rings is 1. The van der Waals surface area contributed by atoms with Crippen molar-refractivity contribution in [1.29, 1.82) is 0 Å². The van der Waals surface area contributed by atoms with Gasteiger partial charge in [0.15, 0.2) is 0 Å². The van der Waals surface area contributed by atoms with E-state index in [1.54, 1.807) is 0 Å². The minimum atomic E-state index is 0.122. The van der Waals surface area contributed by atoms with Crippen molar-refractivity contribution < 1.29 is 9.53 Å². The maximum absolute atomic E-state index is 11.5. The Balaban J connectivity index is 1.96. The highest BCUT2D eigenvalue weighted by atomic mass is 16.5. The number of nitrogens with one attached hydrogen (secondary N) is 1. The predicted molar refractivity (Wildman–Crippen MR) is 79.6 cm³/mol. The molecule has 20 heavy (non-hydrogen) atoms. The lowest BCUT2D eigenvalue weighted by molar-refractivity contribution is -0.121. The van der Waals surface area contributed by atoms with E-state index in [1.165, 1.54) is 5.56 Å². The van der Waals surface area contributed by atoms with Crippen molar-refractivity contribution in [3.63, 3.8) is 0 Å². The van der Waals surface area contributed by atoms with Gasteiger partial charge in [0, 0.05) is 32.1 Å². The summed E-state index contributed by atoms with van der Waals surface area (Å²) in [7, 11) is 0. The number of benzene rings is 1. The number of nitrogens with zero attached hydrogens (tertiary/aromatic N) is 1. The number of carbonyl (C=O) groups is 1. The van der Waals surface area contributed by atoms with Crippen molar-refractivity contribution in [2.45, 2.75) is 25.8 Å². The number of amides is 1. The molecule has 1 saturated heterocycles. The highest BCUT2D eigenvalue weighted by molar-refractivity contribution is 5.75. The molecule has 0 bridgehead atoms. The van der Waals surface area contributed by atoms with Crippen LogP contribution in [0.4, 0.5) is 0 Å². The van der Waals surface area contributed by atoms with Crippen LogP contribution in [-0.4, -0.2) is 49.7 Å². The summed E-state index contributed by atoms with van der Waals surface area (Å²) in [4.78, 5) is 13.9. The topological polar surface area (TPSA) is 41.6 Å². The molecule has 4 heteroatoms. The SMILES string of the molecule is CCC(=O)NCC(Cc1ccccc1)N1CCOCC1. The van der Waals surface area contributed by atoms with E-state index in [0.29, 0.717) is 19.0 Å². The van der Waals surface area contributed by atoms with Gasteiger partial charge in [0.1, 0.15) is 0 Å². The third kappa shape index (κ3) is 4.62. The average Bonchev–Trinajstić information content (AvgIpc) is 2.53. The summed E-state index contributed by atoms with van der Waals surface area (Å²) in [6, 6.07) is 10.8. The van der Waals surface area contributed by atoms with Gasteiger partial charge in [-0.3, -0.25) is 9.69 Å². The van der Waals surface area contributed by atoms with Crippen molar-refractivity contribution in [1.82, 2.24) is 10.2 Å². The number of ether oxygens (including phenoxy) is 1. The first-order valence-corrected chi connectivity index (χ1v) is 7.42. The zero-order valence-electron chi connectivity index (χ0n) is 12.2. The maximum Gasteiger partial charge on any atom is 0.219 e. The van der Waals surface area contributed by atoms with Gasteiger partial charge in [-0.05, 0) is 12.0 Å². The van der Waals surface area contributed by atoms with Crippen LogP contribution < -0.4 is 5.32 Å². The number of carbonyl (C=O) groups excluding carboxylic acids is 1. The van der Waals surface area contributed by atoms with Crippen LogP contribution in [0.3, 0.4) is 0 Å². The van der Waals surface area contributed by atoms with Gasteiger partial charge >= 0.3 is 0 Å². The molecule has 1 aromatic carbocycles. The first-order valence-electron chi connectivity index (χ1n) is 7.42. The Labute approximate surface area is 121 Å². The van der Waals surface area contributed by atoms with Gasteiger partial charge in [-0.15, -0.1) is 0 Å². The van der Waals surface area contributed by atoms with E-state index < -0.39 is 0 Å². The van der Waals surface area contributed by atoms with Crippen LogP contribution in [0.1, 0.15) is 18.9 Å². The molecule has 1 unspecified atom stereocenters. The van der Waals surface area contributed by atoms with Gasteiger partial charge in [0.2, 0.25) is 5.91 Å². The Morgan fingerprint density at radius 1 is 1.30 bits per heavy atom. The average molecular weight is 276 g/mol. The minimum absolute atomic E-state index is 0.122. The fraction of sp³-hybridized carbons (Fsp3) is 0.562. The fourth-order valence-electron chi connectivity index (χ4n) is 2.52. The molecule has 1 atom stereocenters. The normalized spacial score (nSPS) is 17.6. The Morgan fingerprint density at radius 3 is 2.65 bits per heavy atom. The second-order valence-electron chi connectivity index (χ2n) is 5.15. The second-order valence-corrected chi connectivity index (χ2v) is 5.15. The molecule has 0 radical (unpaired) electrons. The third-order valence-corrected chi connectivity index (χ3v) is 3.73. The molecule has 0 aliphatic carbocycles. The summed E-state index contributed by atoms with van der Waals surface area (Å²) in [5.74, 6) is 0.122. The number of hydrogen-bond acceptors (Lipinski definition) is 3. The molecule has 110 valence electrons. The lowest BCUT2D eigenvalue weighted by atomic mass is 10.0. The van der Waals surface area contributed by atoms with Crippen molar-refractivity contribution >= 4 is 5.91 Å². The standard InChI is InChI=1S/C16H24N2O2/c1-2-16(19)17-13-15(18-8-10-20-11-9-18)12-14-6-4-3-5-7-14/h3-7,15H,2,8-13H2,1H3,(H,17,19). The number of hydrogen-bond donors (Lipinski definition) is 1. The van der Waals surface area contributed by atoms with Crippen LogP contribution >= 0.6 is 0 Å². The van der Waals surface area contributed by atoms with Crippen molar-refractivity contribution in [2.75, 3.05) is 32.8 Å². The summed E-state index contributed by atoms with van der Waals surface area (Å²) >= 11 is 0. The zero-order chi connectivity index (χ0) is 14.2. The summed E-state index contributed by atoms with van der Waals surface area (Å²) in [6.45, 7) is 6.05. The summed E-state index contributed by atoms with van der Waals surface area (Å²) in [5, 5.41) is 3.03. The molecule has 1 aliphatic rings. The van der Waals surface area contributed by atoms with E-state index in [0.717, 1.165) is 32.7 Å². The predicted octanol–water partition coefficient (Wildman–Crippen LogP) is 1.46. The molecule has 0 spiro atoms. The van der Waals surface area contributed by atoms with Gasteiger partial charge in [-0.1, -0.05) is 37.3 Å². The Hall–Kier alpha value is -1.39. The van der Waals surface area contributed by atoms with Crippen LogP contribution in [-0.2, 0) is 16.0 Å². The molecular weight excluding hydrogens is 252 g/mol. The van der Waals surface area contributed by atoms with Crippen LogP contribution in [0.5, 0.6) is 0 Å². The Bertz CT molecular complexity index is 402. The van der Waals surface area contributed by atoms with E-state index in [1.807, 2.05) is 13.0 Å². The van der Waals surface area contributed by atoms with E-state index in [-0.39, 0.29) is 5.91 Å². The van der Waals surface area contributed by atoms with E-state index >= 15 is 0 Å². The van der Waals surface area contributed by atoms with Crippen LogP contribution in [0.15, 0.2) is 30.3 Å². The molecule has 1 amide bonds. The van der Waals surface area contributed by atoms with Gasteiger partial charge in [-0.2, -0.15) is 0 Å². The van der Waals surface area contributed by atoms with Gasteiger partial charge in [-0.25, -0.2) is 0 Å². The molecule has 0 aromatic heterocycles. The summed E-state index contributed by atoms with van der Waals surface area (Å²) < 4.78 is 5.42. The van der Waals surface area contributed by atoms with Crippen LogP contribution in [0.2, 0.25) is 0 Å². The van der Waals surface area contributed by atoms with Crippen molar-refractivity contribution in [3.8, 4) is 0 Å². The highest BCUT2D eigenvalue weighted by Gasteiger charge is 2.21. The van der Waals surface area contributed by atoms with Crippen LogP contribution in [0, 0.1) is 0 Å². The fourth-order valence-corrected chi connectivity index (χ4v) is 2.52. The molecule has 2 rings (SSSR count). The summed E-state index contributed by atoms with van der Waals surface area (Å²) in [5.41, 5.74) is 1.31. The minimum Gasteiger partial charge on any atom is -0.379 e. The zero-order valence-corrected chi connectivity index (χ0v) is 12.2. The molecular formula is C16H24N2O2. The number of rotatable bonds is 6. The van der Waals surface area contributed by atoms with Crippen LogP contribution in [0.25, 0.3) is 0 Å². The highest BCUT2D eigenvalue weighted by Crippen LogP contribution is 2.10. The maximum atomic E-state index is 11.5. The van der Waals surface area contributed by atoms with E-state index in [9.17, 15) is 4.79 Å². The van der Waals surface area contributed by atoms with Gasteiger partial charge in [0.25, 0.3) is 0 Å². The molecule has 1 N–H and O–H groups in total. The quantitative estimate of drug-likeness (QED) is 0.855. The van der Waals surface area contributed by atoms with E-state index in [2.05, 4.69) is 34.5 Å². The lowest BCUT2D eigenvalue weighted by Crippen LogP contribution is -2.49. The molecule has 0 saturated carbocycles. The van der Waals surface area contributed by atoms with Gasteiger partial charge in [0.05, 0.1) is 13.2 Å². The first-order chi connectivity index (χ1) is 9.79. The second kappa shape index (κ2) is 8.02. The van der Waals surface area contributed by atoms with E-state index in [4.69, 9.17) is 4.74 Å². The third-order valence-electron chi connectivity index (χ3n) is 3.73. The molecule has 1 aliphatic heterocycles. The molecule has 1 aromatic rings. The largest absolute Gasteiger partial charge is 0.379 e. The van der Waals surface area contributed by atoms with Crippen molar-refractivity contribution in [2.24, 2.45) is 0 Å². The molecule has 1 heterocycles. The van der Waals surface area contributed by atoms with Gasteiger partial charge < -0.3 is 10.1 Å². The monoisotopic (exact) mass is 276 g/mol. The summed E-state index contributed by atoms with van der Waals surface area (Å²) in [6.07, 6.45) is 1.51. The first kappa shape index (κ1) is 15.0. The van der Waals surface area contributed by atoms with Crippen molar-refractivity contribution in [3.05, 3.63) is 35.9 Å². The molecule has 4 nitrogen and oxygen atoms in total.